The molecular formula is C22H25Cl2N3O5S. The minimum atomic E-state index is -3.65. The summed E-state index contributed by atoms with van der Waals surface area (Å²) in [6.45, 7) is 6.12. The topological polar surface area (TPSA) is 106 Å². The van der Waals surface area contributed by atoms with E-state index in [4.69, 9.17) is 27.9 Å². The molecule has 0 spiro atoms. The normalized spacial score (nSPS) is 19.2. The lowest BCUT2D eigenvalue weighted by Gasteiger charge is -2.34. The Morgan fingerprint density at radius 1 is 1.15 bits per heavy atom. The van der Waals surface area contributed by atoms with E-state index < -0.39 is 28.5 Å². The number of halogens is 2. The van der Waals surface area contributed by atoms with Crippen LogP contribution in [-0.4, -0.2) is 49.3 Å². The molecule has 0 radical (unpaired) electrons. The fourth-order valence-electron chi connectivity index (χ4n) is 3.74. The molecule has 1 N–H and O–H groups in total. The number of nitrogens with one attached hydrogen (secondary N) is 1. The van der Waals surface area contributed by atoms with Crippen molar-refractivity contribution in [1.82, 2.24) is 9.29 Å². The number of carbonyl (C=O) groups is 2. The van der Waals surface area contributed by atoms with E-state index in [-0.39, 0.29) is 33.1 Å². The number of hydrogen-bond donors (Lipinski definition) is 1. The van der Waals surface area contributed by atoms with Gasteiger partial charge in [0.05, 0.1) is 20.5 Å². The highest BCUT2D eigenvalue weighted by Crippen LogP contribution is 2.29. The predicted octanol–water partition coefficient (Wildman–Crippen LogP) is 4.16. The SMILES string of the molecule is Cc1c(Cl)cnc(NC(=O)COC(=O)c2ccc(S(=O)(=O)N3CC(C)CC(C)C3)cc2)c1Cl. The van der Waals surface area contributed by atoms with Crippen molar-refractivity contribution in [1.29, 1.82) is 0 Å². The molecule has 2 unspecified atom stereocenters. The molecular weight excluding hydrogens is 489 g/mol. The van der Waals surface area contributed by atoms with E-state index in [1.165, 1.54) is 34.8 Å². The van der Waals surface area contributed by atoms with Crippen molar-refractivity contribution in [2.24, 2.45) is 11.8 Å². The van der Waals surface area contributed by atoms with Gasteiger partial charge < -0.3 is 10.1 Å². The lowest BCUT2D eigenvalue weighted by Crippen LogP contribution is -2.42. The number of piperidine rings is 1. The Bertz CT molecular complexity index is 1150. The molecule has 1 amide bonds. The van der Waals surface area contributed by atoms with Gasteiger partial charge in [0.15, 0.2) is 12.4 Å². The first-order valence-electron chi connectivity index (χ1n) is 10.4. The standard InChI is InChI=1S/C22H25Cl2N3O5S/c1-13-8-14(2)11-27(10-13)33(30,31)17-6-4-16(5-7-17)22(29)32-12-19(28)26-21-20(24)15(3)18(23)9-25-21/h4-7,9,13-14H,8,10-12H2,1-3H3,(H,25,26,28). The molecule has 33 heavy (non-hydrogen) atoms. The number of sulfonamides is 1. The number of amides is 1. The van der Waals surface area contributed by atoms with Crippen LogP contribution in [0.4, 0.5) is 5.82 Å². The molecule has 0 aliphatic carbocycles. The molecule has 8 nitrogen and oxygen atoms in total. The van der Waals surface area contributed by atoms with Crippen LogP contribution in [0.5, 0.6) is 0 Å². The number of hydrogen-bond acceptors (Lipinski definition) is 6. The number of carbonyl (C=O) groups excluding carboxylic acids is 2. The molecule has 1 aliphatic heterocycles. The maximum atomic E-state index is 13.0. The van der Waals surface area contributed by atoms with Gasteiger partial charge in [-0.05, 0) is 55.0 Å². The second-order valence-corrected chi connectivity index (χ2v) is 11.0. The van der Waals surface area contributed by atoms with Crippen molar-refractivity contribution in [3.05, 3.63) is 51.6 Å². The lowest BCUT2D eigenvalue weighted by atomic mass is 9.94. The summed E-state index contributed by atoms with van der Waals surface area (Å²) in [5, 5.41) is 3.01. The van der Waals surface area contributed by atoms with Crippen LogP contribution in [0.3, 0.4) is 0 Å². The summed E-state index contributed by atoms with van der Waals surface area (Å²) in [6, 6.07) is 5.47. The molecule has 2 heterocycles. The van der Waals surface area contributed by atoms with Crippen molar-refractivity contribution in [3.8, 4) is 0 Å². The van der Waals surface area contributed by atoms with Crippen molar-refractivity contribution in [2.45, 2.75) is 32.1 Å². The molecule has 2 aromatic rings. The Labute approximate surface area is 203 Å². The number of pyridine rings is 1. The van der Waals surface area contributed by atoms with Gasteiger partial charge in [-0.2, -0.15) is 4.31 Å². The van der Waals surface area contributed by atoms with Gasteiger partial charge in [0.1, 0.15) is 0 Å². The zero-order chi connectivity index (χ0) is 24.3. The number of benzene rings is 1. The molecule has 1 aliphatic rings. The highest BCUT2D eigenvalue weighted by atomic mass is 35.5. The number of rotatable bonds is 6. The molecule has 3 rings (SSSR count). The Morgan fingerprint density at radius 3 is 2.36 bits per heavy atom. The van der Waals surface area contributed by atoms with Crippen LogP contribution in [-0.2, 0) is 19.6 Å². The van der Waals surface area contributed by atoms with Crippen LogP contribution in [0.1, 0.15) is 36.2 Å². The second kappa shape index (κ2) is 10.4. The van der Waals surface area contributed by atoms with Gasteiger partial charge >= 0.3 is 5.97 Å². The minimum Gasteiger partial charge on any atom is -0.452 e. The zero-order valence-electron chi connectivity index (χ0n) is 18.5. The van der Waals surface area contributed by atoms with Gasteiger partial charge in [-0.1, -0.05) is 37.0 Å². The third-order valence-electron chi connectivity index (χ3n) is 5.36. The quantitative estimate of drug-likeness (QED) is 0.581. The molecule has 1 saturated heterocycles. The van der Waals surface area contributed by atoms with E-state index in [0.29, 0.717) is 23.7 Å². The summed E-state index contributed by atoms with van der Waals surface area (Å²) < 4.78 is 32.4. The van der Waals surface area contributed by atoms with Crippen LogP contribution in [0.15, 0.2) is 35.4 Å². The summed E-state index contributed by atoms with van der Waals surface area (Å²) in [5.74, 6) is -0.722. The van der Waals surface area contributed by atoms with E-state index in [9.17, 15) is 18.0 Å². The monoisotopic (exact) mass is 513 g/mol. The minimum absolute atomic E-state index is 0.107. The lowest BCUT2D eigenvalue weighted by molar-refractivity contribution is -0.119. The Hall–Kier alpha value is -2.20. The number of aromatic nitrogens is 1. The average Bonchev–Trinajstić information content (AvgIpc) is 2.77. The van der Waals surface area contributed by atoms with Gasteiger partial charge in [-0.25, -0.2) is 18.2 Å². The molecule has 11 heteroatoms. The fraction of sp³-hybridized carbons (Fsp3) is 0.409. The van der Waals surface area contributed by atoms with Gasteiger partial charge in [0, 0.05) is 19.3 Å². The van der Waals surface area contributed by atoms with Crippen molar-refractivity contribution in [3.63, 3.8) is 0 Å². The van der Waals surface area contributed by atoms with E-state index in [2.05, 4.69) is 10.3 Å². The van der Waals surface area contributed by atoms with Crippen LogP contribution < -0.4 is 5.32 Å². The summed E-state index contributed by atoms with van der Waals surface area (Å²) in [5.41, 5.74) is 0.685. The highest BCUT2D eigenvalue weighted by Gasteiger charge is 2.31. The Balaban J connectivity index is 1.60. The van der Waals surface area contributed by atoms with Crippen LogP contribution in [0.2, 0.25) is 10.0 Å². The highest BCUT2D eigenvalue weighted by molar-refractivity contribution is 7.89. The third kappa shape index (κ3) is 6.03. The smallest absolute Gasteiger partial charge is 0.338 e. The van der Waals surface area contributed by atoms with Gasteiger partial charge in [-0.15, -0.1) is 0 Å². The molecule has 0 bridgehead atoms. The number of anilines is 1. The average molecular weight is 514 g/mol. The van der Waals surface area contributed by atoms with Gasteiger partial charge in [0.25, 0.3) is 5.91 Å². The summed E-state index contributed by atoms with van der Waals surface area (Å²) >= 11 is 12.0. The molecule has 1 aromatic carbocycles. The maximum absolute atomic E-state index is 13.0. The second-order valence-electron chi connectivity index (χ2n) is 8.31. The van der Waals surface area contributed by atoms with E-state index >= 15 is 0 Å². The van der Waals surface area contributed by atoms with Crippen LogP contribution >= 0.6 is 23.2 Å². The summed E-state index contributed by atoms with van der Waals surface area (Å²) in [6.07, 6.45) is 2.34. The van der Waals surface area contributed by atoms with Crippen molar-refractivity contribution >= 4 is 50.9 Å². The zero-order valence-corrected chi connectivity index (χ0v) is 20.8. The van der Waals surface area contributed by atoms with E-state index in [0.717, 1.165) is 6.42 Å². The molecule has 178 valence electrons. The summed E-state index contributed by atoms with van der Waals surface area (Å²) in [4.78, 5) is 28.5. The first-order valence-corrected chi connectivity index (χ1v) is 12.6. The Morgan fingerprint density at radius 2 is 1.76 bits per heavy atom. The van der Waals surface area contributed by atoms with Gasteiger partial charge in [0.2, 0.25) is 10.0 Å². The number of ether oxygens (including phenoxy) is 1. The number of esters is 1. The first-order chi connectivity index (χ1) is 15.5. The summed E-state index contributed by atoms with van der Waals surface area (Å²) in [7, 11) is -3.65. The van der Waals surface area contributed by atoms with Crippen LogP contribution in [0, 0.1) is 18.8 Å². The van der Waals surface area contributed by atoms with Gasteiger partial charge in [-0.3, -0.25) is 4.79 Å². The molecule has 1 aromatic heterocycles. The number of nitrogens with zero attached hydrogens (tertiary/aromatic N) is 2. The predicted molar refractivity (Wildman–Crippen MR) is 126 cm³/mol. The third-order valence-corrected chi connectivity index (χ3v) is 8.05. The Kier molecular flexibility index (Phi) is 8.00. The largest absolute Gasteiger partial charge is 0.452 e. The van der Waals surface area contributed by atoms with E-state index in [1.54, 1.807) is 6.92 Å². The molecule has 1 fully saturated rings. The van der Waals surface area contributed by atoms with Crippen molar-refractivity contribution < 1.29 is 22.7 Å². The maximum Gasteiger partial charge on any atom is 0.338 e. The van der Waals surface area contributed by atoms with Crippen molar-refractivity contribution in [2.75, 3.05) is 25.0 Å². The first kappa shape index (κ1) is 25.4. The fourth-order valence-corrected chi connectivity index (χ4v) is 5.81. The van der Waals surface area contributed by atoms with Crippen LogP contribution in [0.25, 0.3) is 0 Å². The molecule has 0 saturated carbocycles. The van der Waals surface area contributed by atoms with E-state index in [1.807, 2.05) is 13.8 Å². The molecule has 2 atom stereocenters.